The minimum absolute atomic E-state index is 0. The Morgan fingerprint density at radius 1 is 1.38 bits per heavy atom. The number of carbonyl (C=O) groups excluding carboxylic acids is 1. The van der Waals surface area contributed by atoms with Gasteiger partial charge in [-0.3, -0.25) is 4.79 Å². The molecule has 1 saturated carbocycles. The van der Waals surface area contributed by atoms with Crippen molar-refractivity contribution in [1.29, 1.82) is 0 Å². The van der Waals surface area contributed by atoms with Crippen molar-refractivity contribution >= 4 is 18.3 Å². The molecular weight excluding hydrogens is 245 g/mol. The van der Waals surface area contributed by atoms with Gasteiger partial charge in [-0.25, -0.2) is 0 Å². The summed E-state index contributed by atoms with van der Waals surface area (Å²) in [6.07, 6.45) is -3.31. The van der Waals surface area contributed by atoms with Crippen molar-refractivity contribution in [3.05, 3.63) is 0 Å². The van der Waals surface area contributed by atoms with E-state index in [-0.39, 0.29) is 24.4 Å². The Bertz CT molecular complexity index is 235. The van der Waals surface area contributed by atoms with E-state index in [2.05, 4.69) is 5.32 Å². The highest BCUT2D eigenvalue weighted by Crippen LogP contribution is 2.25. The van der Waals surface area contributed by atoms with Gasteiger partial charge in [0.05, 0.1) is 0 Å². The van der Waals surface area contributed by atoms with E-state index in [1.807, 2.05) is 0 Å². The molecule has 1 aliphatic rings. The first-order valence-corrected chi connectivity index (χ1v) is 4.98. The van der Waals surface area contributed by atoms with Crippen LogP contribution in [0.1, 0.15) is 25.7 Å². The molecule has 0 aliphatic heterocycles. The van der Waals surface area contributed by atoms with Gasteiger partial charge in [-0.2, -0.15) is 13.2 Å². The lowest BCUT2D eigenvalue weighted by Crippen LogP contribution is -2.41. The normalized spacial score (nSPS) is 25.0. The van der Waals surface area contributed by atoms with Crippen LogP contribution in [0.15, 0.2) is 0 Å². The van der Waals surface area contributed by atoms with Crippen LogP contribution >= 0.6 is 12.4 Å². The van der Waals surface area contributed by atoms with Gasteiger partial charge in [-0.1, -0.05) is 6.42 Å². The summed E-state index contributed by atoms with van der Waals surface area (Å²) < 4.78 is 35.6. The quantitative estimate of drug-likeness (QED) is 0.810. The van der Waals surface area contributed by atoms with Crippen LogP contribution in [-0.4, -0.2) is 24.7 Å². The number of halogens is 4. The van der Waals surface area contributed by atoms with Crippen LogP contribution < -0.4 is 11.1 Å². The number of alkyl halides is 3. The molecule has 1 rings (SSSR count). The smallest absolute Gasteiger partial charge is 0.353 e. The summed E-state index contributed by atoms with van der Waals surface area (Å²) in [5.74, 6) is -0.824. The van der Waals surface area contributed by atoms with Crippen molar-refractivity contribution in [3.63, 3.8) is 0 Å². The lowest BCUT2D eigenvalue weighted by Gasteiger charge is -2.19. The molecule has 7 heteroatoms. The predicted octanol–water partition coefficient (Wildman–Crippen LogP) is 1.60. The minimum atomic E-state index is -4.43. The van der Waals surface area contributed by atoms with E-state index in [0.717, 1.165) is 19.3 Å². The van der Waals surface area contributed by atoms with E-state index >= 15 is 0 Å². The Hall–Kier alpha value is -0.490. The maximum atomic E-state index is 11.9. The molecule has 0 aromatic rings. The van der Waals surface area contributed by atoms with Crippen LogP contribution in [0.3, 0.4) is 0 Å². The van der Waals surface area contributed by atoms with Gasteiger partial charge in [0, 0.05) is 6.04 Å². The van der Waals surface area contributed by atoms with Gasteiger partial charge in [-0.15, -0.1) is 12.4 Å². The summed E-state index contributed by atoms with van der Waals surface area (Å²) in [7, 11) is 0. The largest absolute Gasteiger partial charge is 0.397 e. The van der Waals surface area contributed by atoms with E-state index in [0.29, 0.717) is 6.54 Å². The molecule has 16 heavy (non-hydrogen) atoms. The molecule has 2 unspecified atom stereocenters. The monoisotopic (exact) mass is 260 g/mol. The summed E-state index contributed by atoms with van der Waals surface area (Å²) in [5, 5.41) is 2.40. The molecule has 0 aromatic heterocycles. The van der Waals surface area contributed by atoms with Gasteiger partial charge in [0.1, 0.15) is 6.42 Å². The highest BCUT2D eigenvalue weighted by Gasteiger charge is 2.34. The van der Waals surface area contributed by atoms with E-state index in [1.165, 1.54) is 0 Å². The third-order valence-corrected chi connectivity index (χ3v) is 2.67. The number of carbonyl (C=O) groups is 1. The number of nitrogens with two attached hydrogens (primary N) is 1. The summed E-state index contributed by atoms with van der Waals surface area (Å²) in [6.45, 7) is 0.414. The molecule has 3 N–H and O–H groups in total. The predicted molar refractivity (Wildman–Crippen MR) is 56.2 cm³/mol. The van der Waals surface area contributed by atoms with Crippen LogP contribution in [0.4, 0.5) is 13.2 Å². The molecule has 1 aliphatic carbocycles. The second kappa shape index (κ2) is 6.30. The topological polar surface area (TPSA) is 55.1 Å². The molecule has 0 bridgehead atoms. The highest BCUT2D eigenvalue weighted by molar-refractivity contribution is 5.85. The fraction of sp³-hybridized carbons (Fsp3) is 0.889. The second-order valence-corrected chi connectivity index (χ2v) is 3.89. The molecule has 0 spiro atoms. The summed E-state index contributed by atoms with van der Waals surface area (Å²) >= 11 is 0. The van der Waals surface area contributed by atoms with Crippen molar-refractivity contribution in [2.75, 3.05) is 6.54 Å². The van der Waals surface area contributed by atoms with Crippen LogP contribution in [0.5, 0.6) is 0 Å². The Kier molecular flexibility index (Phi) is 6.10. The summed E-state index contributed by atoms with van der Waals surface area (Å²) in [5.41, 5.74) is 5.45. The van der Waals surface area contributed by atoms with E-state index < -0.39 is 18.5 Å². The van der Waals surface area contributed by atoms with Crippen molar-refractivity contribution in [2.45, 2.75) is 37.9 Å². The van der Waals surface area contributed by atoms with E-state index in [1.54, 1.807) is 0 Å². The van der Waals surface area contributed by atoms with Gasteiger partial charge in [0.2, 0.25) is 5.91 Å². The molecule has 3 nitrogen and oxygen atoms in total. The SMILES string of the molecule is Cl.NCC1CCCC1NC(=O)CC(F)(F)F. The first-order chi connectivity index (χ1) is 6.92. The average molecular weight is 261 g/mol. The molecule has 2 atom stereocenters. The highest BCUT2D eigenvalue weighted by atomic mass is 35.5. The van der Waals surface area contributed by atoms with Crippen molar-refractivity contribution in [2.24, 2.45) is 11.7 Å². The third kappa shape index (κ3) is 5.03. The van der Waals surface area contributed by atoms with Gasteiger partial charge < -0.3 is 11.1 Å². The number of amides is 1. The van der Waals surface area contributed by atoms with Gasteiger partial charge in [0.15, 0.2) is 0 Å². The van der Waals surface area contributed by atoms with Crippen molar-refractivity contribution in [3.8, 4) is 0 Å². The molecule has 0 saturated heterocycles. The fourth-order valence-electron chi connectivity index (χ4n) is 1.95. The zero-order valence-corrected chi connectivity index (χ0v) is 9.53. The number of hydrogen-bond donors (Lipinski definition) is 2. The van der Waals surface area contributed by atoms with Crippen molar-refractivity contribution in [1.82, 2.24) is 5.32 Å². The Morgan fingerprint density at radius 2 is 2.00 bits per heavy atom. The average Bonchev–Trinajstić information content (AvgIpc) is 2.48. The molecular formula is C9H16ClF3N2O. The van der Waals surface area contributed by atoms with Gasteiger partial charge in [0.25, 0.3) is 0 Å². The Labute approximate surface area is 98.4 Å². The van der Waals surface area contributed by atoms with Crippen LogP contribution in [-0.2, 0) is 4.79 Å². The van der Waals surface area contributed by atoms with E-state index in [4.69, 9.17) is 5.73 Å². The van der Waals surface area contributed by atoms with Crippen LogP contribution in [0, 0.1) is 5.92 Å². The van der Waals surface area contributed by atoms with Crippen LogP contribution in [0.25, 0.3) is 0 Å². The maximum Gasteiger partial charge on any atom is 0.397 e. The summed E-state index contributed by atoms with van der Waals surface area (Å²) in [6, 6.07) is -0.176. The van der Waals surface area contributed by atoms with Gasteiger partial charge in [-0.05, 0) is 25.3 Å². The van der Waals surface area contributed by atoms with Crippen LogP contribution in [0.2, 0.25) is 0 Å². The Morgan fingerprint density at radius 3 is 2.50 bits per heavy atom. The zero-order valence-electron chi connectivity index (χ0n) is 8.72. The van der Waals surface area contributed by atoms with Gasteiger partial charge >= 0.3 is 6.18 Å². The molecule has 96 valence electrons. The molecule has 0 radical (unpaired) electrons. The summed E-state index contributed by atoms with van der Waals surface area (Å²) in [4.78, 5) is 11.0. The molecule has 1 fully saturated rings. The first-order valence-electron chi connectivity index (χ1n) is 4.98. The standard InChI is InChI=1S/C9H15F3N2O.ClH/c10-9(11,12)4-8(15)14-7-3-1-2-6(7)5-13;/h6-7H,1-5,13H2,(H,14,15);1H. The number of nitrogens with one attached hydrogen (secondary N) is 1. The number of rotatable bonds is 3. The lowest BCUT2D eigenvalue weighted by atomic mass is 10.0. The Balaban J connectivity index is 0.00000225. The lowest BCUT2D eigenvalue weighted by molar-refractivity contribution is -0.154. The molecule has 0 aromatic carbocycles. The zero-order chi connectivity index (χ0) is 11.5. The number of hydrogen-bond acceptors (Lipinski definition) is 2. The second-order valence-electron chi connectivity index (χ2n) is 3.89. The minimum Gasteiger partial charge on any atom is -0.353 e. The third-order valence-electron chi connectivity index (χ3n) is 2.67. The van der Waals surface area contributed by atoms with Crippen molar-refractivity contribution < 1.29 is 18.0 Å². The van der Waals surface area contributed by atoms with E-state index in [9.17, 15) is 18.0 Å². The molecule has 0 heterocycles. The first kappa shape index (κ1) is 15.5. The molecule has 1 amide bonds. The fourth-order valence-corrected chi connectivity index (χ4v) is 1.95. The maximum absolute atomic E-state index is 11.9.